The Balaban J connectivity index is 1.68. The van der Waals surface area contributed by atoms with Gasteiger partial charge in [-0.05, 0) is 30.5 Å². The van der Waals surface area contributed by atoms with Gasteiger partial charge in [0.05, 0.1) is 0 Å². The van der Waals surface area contributed by atoms with Crippen molar-refractivity contribution in [2.24, 2.45) is 0 Å². The Morgan fingerprint density at radius 3 is 2.40 bits per heavy atom. The van der Waals surface area contributed by atoms with Crippen molar-refractivity contribution in [3.05, 3.63) is 40.7 Å². The van der Waals surface area contributed by atoms with E-state index >= 15 is 0 Å². The SMILES string of the molecule is Fc1ccc(Cc2nnc(N3CCCCCC3)s2)cc1. The summed E-state index contributed by atoms with van der Waals surface area (Å²) in [5.41, 5.74) is 1.07. The van der Waals surface area contributed by atoms with E-state index in [9.17, 15) is 4.39 Å². The molecule has 0 saturated carbocycles. The number of hydrogen-bond acceptors (Lipinski definition) is 4. The van der Waals surface area contributed by atoms with Crippen molar-refractivity contribution in [1.29, 1.82) is 0 Å². The highest BCUT2D eigenvalue weighted by molar-refractivity contribution is 7.15. The minimum Gasteiger partial charge on any atom is -0.347 e. The van der Waals surface area contributed by atoms with Gasteiger partial charge in [-0.3, -0.25) is 0 Å². The van der Waals surface area contributed by atoms with E-state index in [0.29, 0.717) is 0 Å². The van der Waals surface area contributed by atoms with Crippen molar-refractivity contribution in [2.45, 2.75) is 32.1 Å². The summed E-state index contributed by atoms with van der Waals surface area (Å²) in [6.07, 6.45) is 5.85. The van der Waals surface area contributed by atoms with Gasteiger partial charge in [0, 0.05) is 19.5 Å². The number of halogens is 1. The van der Waals surface area contributed by atoms with Crippen molar-refractivity contribution in [3.63, 3.8) is 0 Å². The lowest BCUT2D eigenvalue weighted by Gasteiger charge is -2.17. The van der Waals surface area contributed by atoms with Crippen LogP contribution in [-0.4, -0.2) is 23.3 Å². The van der Waals surface area contributed by atoms with Crippen LogP contribution < -0.4 is 4.90 Å². The van der Waals surface area contributed by atoms with E-state index in [1.165, 1.54) is 37.8 Å². The van der Waals surface area contributed by atoms with Gasteiger partial charge in [-0.15, -0.1) is 10.2 Å². The Hall–Kier alpha value is -1.49. The Kier molecular flexibility index (Phi) is 4.25. The molecule has 0 spiro atoms. The number of rotatable bonds is 3. The molecule has 3 rings (SSSR count). The van der Waals surface area contributed by atoms with Gasteiger partial charge in [0.1, 0.15) is 10.8 Å². The largest absolute Gasteiger partial charge is 0.347 e. The first-order valence-corrected chi connectivity index (χ1v) is 7.95. The summed E-state index contributed by atoms with van der Waals surface area (Å²) in [5.74, 6) is -0.198. The molecule has 0 bridgehead atoms. The maximum atomic E-state index is 12.9. The third kappa shape index (κ3) is 3.33. The summed E-state index contributed by atoms with van der Waals surface area (Å²) in [6, 6.07) is 6.60. The molecule has 2 heterocycles. The van der Waals surface area contributed by atoms with Gasteiger partial charge in [-0.2, -0.15) is 0 Å². The predicted octanol–water partition coefficient (Wildman–Crippen LogP) is 3.65. The van der Waals surface area contributed by atoms with Crippen molar-refractivity contribution >= 4 is 16.5 Å². The van der Waals surface area contributed by atoms with Gasteiger partial charge in [0.15, 0.2) is 0 Å². The zero-order valence-corrected chi connectivity index (χ0v) is 12.2. The number of aromatic nitrogens is 2. The first-order valence-electron chi connectivity index (χ1n) is 7.13. The summed E-state index contributed by atoms with van der Waals surface area (Å²) in [4.78, 5) is 2.35. The minimum atomic E-state index is -0.198. The standard InChI is InChI=1S/C15H18FN3S/c16-13-7-5-12(6-8-13)11-14-17-18-15(20-14)19-9-3-1-2-4-10-19/h5-8H,1-4,9-11H2. The molecule has 0 atom stereocenters. The van der Waals surface area contributed by atoms with Gasteiger partial charge in [-0.25, -0.2) is 4.39 Å². The fourth-order valence-electron chi connectivity index (χ4n) is 2.48. The fourth-order valence-corrected chi connectivity index (χ4v) is 3.41. The summed E-state index contributed by atoms with van der Waals surface area (Å²) < 4.78 is 12.9. The van der Waals surface area contributed by atoms with Gasteiger partial charge < -0.3 is 4.90 Å². The Labute approximate surface area is 122 Å². The van der Waals surface area contributed by atoms with Gasteiger partial charge >= 0.3 is 0 Å². The molecule has 1 aliphatic heterocycles. The average Bonchev–Trinajstić information content (AvgIpc) is 2.74. The highest BCUT2D eigenvalue weighted by atomic mass is 32.1. The first-order chi connectivity index (χ1) is 9.81. The van der Waals surface area contributed by atoms with Crippen LogP contribution in [-0.2, 0) is 6.42 Å². The summed E-state index contributed by atoms with van der Waals surface area (Å²) in [7, 11) is 0. The highest BCUT2D eigenvalue weighted by Gasteiger charge is 2.14. The number of hydrogen-bond donors (Lipinski definition) is 0. The van der Waals surface area contributed by atoms with Gasteiger partial charge in [0.2, 0.25) is 5.13 Å². The molecule has 0 aliphatic carbocycles. The molecule has 1 aromatic carbocycles. The molecule has 106 valence electrons. The zero-order valence-electron chi connectivity index (χ0n) is 11.4. The van der Waals surface area contributed by atoms with Crippen LogP contribution in [0.3, 0.4) is 0 Å². The molecule has 20 heavy (non-hydrogen) atoms. The van der Waals surface area contributed by atoms with Gasteiger partial charge in [-0.1, -0.05) is 36.3 Å². The Bertz CT molecular complexity index is 545. The quantitative estimate of drug-likeness (QED) is 0.864. The van der Waals surface area contributed by atoms with Crippen LogP contribution in [0.15, 0.2) is 24.3 Å². The van der Waals surface area contributed by atoms with E-state index in [2.05, 4.69) is 15.1 Å². The molecule has 0 N–H and O–H groups in total. The van der Waals surface area contributed by atoms with Crippen molar-refractivity contribution < 1.29 is 4.39 Å². The summed E-state index contributed by atoms with van der Waals surface area (Å²) in [6.45, 7) is 2.18. The molecule has 0 unspecified atom stereocenters. The van der Waals surface area contributed by atoms with E-state index in [-0.39, 0.29) is 5.82 Å². The van der Waals surface area contributed by atoms with Crippen LogP contribution in [0.1, 0.15) is 36.3 Å². The lowest BCUT2D eigenvalue weighted by molar-refractivity contribution is 0.627. The molecule has 1 aromatic heterocycles. The van der Waals surface area contributed by atoms with Gasteiger partial charge in [0.25, 0.3) is 0 Å². The highest BCUT2D eigenvalue weighted by Crippen LogP contribution is 2.24. The Morgan fingerprint density at radius 2 is 1.70 bits per heavy atom. The summed E-state index contributed by atoms with van der Waals surface area (Å²) >= 11 is 1.66. The maximum Gasteiger partial charge on any atom is 0.208 e. The third-order valence-corrected chi connectivity index (χ3v) is 4.59. The normalized spacial score (nSPS) is 16.1. The minimum absolute atomic E-state index is 0.198. The third-order valence-electron chi connectivity index (χ3n) is 3.60. The molecular formula is C15H18FN3S. The summed E-state index contributed by atoms with van der Waals surface area (Å²) in [5, 5.41) is 10.6. The molecular weight excluding hydrogens is 273 g/mol. The van der Waals surface area contributed by atoms with Crippen LogP contribution in [0.5, 0.6) is 0 Å². The second kappa shape index (κ2) is 6.31. The van der Waals surface area contributed by atoms with Crippen LogP contribution in [0, 0.1) is 5.82 Å². The van der Waals surface area contributed by atoms with Crippen LogP contribution in [0.2, 0.25) is 0 Å². The average molecular weight is 291 g/mol. The monoisotopic (exact) mass is 291 g/mol. The smallest absolute Gasteiger partial charge is 0.208 e. The molecule has 5 heteroatoms. The van der Waals surface area contributed by atoms with E-state index < -0.39 is 0 Å². The van der Waals surface area contributed by atoms with Crippen molar-refractivity contribution in [3.8, 4) is 0 Å². The molecule has 1 saturated heterocycles. The fraction of sp³-hybridized carbons (Fsp3) is 0.467. The Morgan fingerprint density at radius 1 is 1.00 bits per heavy atom. The number of anilines is 1. The lowest BCUT2D eigenvalue weighted by Crippen LogP contribution is -2.23. The van der Waals surface area contributed by atoms with Crippen LogP contribution in [0.25, 0.3) is 0 Å². The van der Waals surface area contributed by atoms with Crippen molar-refractivity contribution in [1.82, 2.24) is 10.2 Å². The van der Waals surface area contributed by atoms with Crippen LogP contribution >= 0.6 is 11.3 Å². The van der Waals surface area contributed by atoms with E-state index in [0.717, 1.165) is 35.2 Å². The molecule has 1 aliphatic rings. The van der Waals surface area contributed by atoms with E-state index in [1.54, 1.807) is 11.3 Å². The first kappa shape index (κ1) is 13.5. The molecule has 3 nitrogen and oxygen atoms in total. The zero-order chi connectivity index (χ0) is 13.8. The second-order valence-electron chi connectivity index (χ2n) is 5.18. The maximum absolute atomic E-state index is 12.9. The molecule has 0 radical (unpaired) electrons. The topological polar surface area (TPSA) is 29.0 Å². The molecule has 1 fully saturated rings. The molecule has 2 aromatic rings. The van der Waals surface area contributed by atoms with E-state index in [4.69, 9.17) is 0 Å². The van der Waals surface area contributed by atoms with Crippen LogP contribution in [0.4, 0.5) is 9.52 Å². The predicted molar refractivity (Wildman–Crippen MR) is 79.8 cm³/mol. The van der Waals surface area contributed by atoms with E-state index in [1.807, 2.05) is 12.1 Å². The molecule has 0 amide bonds. The number of benzene rings is 1. The number of nitrogens with zero attached hydrogens (tertiary/aromatic N) is 3. The van der Waals surface area contributed by atoms with Crippen molar-refractivity contribution in [2.75, 3.05) is 18.0 Å². The second-order valence-corrected chi connectivity index (χ2v) is 6.22. The lowest BCUT2D eigenvalue weighted by atomic mass is 10.2.